The first-order chi connectivity index (χ1) is 14.2. The van der Waals surface area contributed by atoms with Crippen molar-refractivity contribution in [2.75, 3.05) is 12.4 Å². The van der Waals surface area contributed by atoms with E-state index in [2.05, 4.69) is 23.5 Å². The van der Waals surface area contributed by atoms with Crippen LogP contribution in [-0.2, 0) is 6.42 Å². The number of thiazole rings is 1. The maximum Gasteiger partial charge on any atom is 0.187 e. The topological polar surface area (TPSA) is 57.9 Å². The second kappa shape index (κ2) is 8.59. The second-order valence-electron chi connectivity index (χ2n) is 6.50. The van der Waals surface area contributed by atoms with Gasteiger partial charge >= 0.3 is 0 Å². The van der Waals surface area contributed by atoms with Crippen LogP contribution >= 0.6 is 11.3 Å². The molecule has 142 valence electrons. The van der Waals surface area contributed by atoms with Crippen molar-refractivity contribution in [2.24, 2.45) is 0 Å². The van der Waals surface area contributed by atoms with Gasteiger partial charge in [0.1, 0.15) is 5.75 Å². The lowest BCUT2D eigenvalue weighted by Gasteiger charge is -2.03. The van der Waals surface area contributed by atoms with Gasteiger partial charge in [0, 0.05) is 22.5 Å². The molecule has 5 heteroatoms. The zero-order chi connectivity index (χ0) is 20.1. The van der Waals surface area contributed by atoms with Gasteiger partial charge in [0.25, 0.3) is 0 Å². The van der Waals surface area contributed by atoms with E-state index in [4.69, 9.17) is 15.0 Å². The van der Waals surface area contributed by atoms with Gasteiger partial charge in [0.15, 0.2) is 5.13 Å². The second-order valence-corrected chi connectivity index (χ2v) is 7.58. The molecule has 0 spiro atoms. The first kappa shape index (κ1) is 18.7. The molecule has 1 heterocycles. The number of anilines is 2. The Morgan fingerprint density at radius 2 is 1.69 bits per heavy atom. The van der Waals surface area contributed by atoms with Crippen molar-refractivity contribution in [2.45, 2.75) is 6.42 Å². The summed E-state index contributed by atoms with van der Waals surface area (Å²) in [5, 5.41) is 13.3. The van der Waals surface area contributed by atoms with E-state index in [-0.39, 0.29) is 0 Å². The Morgan fingerprint density at radius 1 is 0.966 bits per heavy atom. The minimum Gasteiger partial charge on any atom is -0.497 e. The fraction of sp³-hybridized carbons (Fsp3) is 0.0833. The normalized spacial score (nSPS) is 10.3. The van der Waals surface area contributed by atoms with Crippen molar-refractivity contribution in [1.29, 1.82) is 5.26 Å². The molecule has 4 nitrogen and oxygen atoms in total. The number of hydrogen-bond acceptors (Lipinski definition) is 5. The standard InChI is InChI=1S/C24H19N3OS/c1-28-21-13-11-20(12-14-21)26-24-27-23(19-5-3-2-4-6-19)22(29-24)15-17-7-9-18(16-25)10-8-17/h2-14H,15H2,1H3,(H,26,27). The Hall–Kier alpha value is -3.62. The van der Waals surface area contributed by atoms with E-state index in [9.17, 15) is 0 Å². The van der Waals surface area contributed by atoms with Gasteiger partial charge in [0.05, 0.1) is 24.4 Å². The monoisotopic (exact) mass is 397 g/mol. The third-order valence-electron chi connectivity index (χ3n) is 4.53. The number of hydrogen-bond donors (Lipinski definition) is 1. The molecular weight excluding hydrogens is 378 g/mol. The van der Waals surface area contributed by atoms with Crippen molar-refractivity contribution < 1.29 is 4.74 Å². The van der Waals surface area contributed by atoms with Gasteiger partial charge in [0.2, 0.25) is 0 Å². The minimum absolute atomic E-state index is 0.670. The first-order valence-electron chi connectivity index (χ1n) is 9.20. The van der Waals surface area contributed by atoms with Crippen LogP contribution in [0.2, 0.25) is 0 Å². The molecule has 0 aliphatic rings. The molecule has 0 saturated heterocycles. The molecule has 29 heavy (non-hydrogen) atoms. The molecule has 0 atom stereocenters. The van der Waals surface area contributed by atoms with Crippen LogP contribution in [0.15, 0.2) is 78.9 Å². The summed E-state index contributed by atoms with van der Waals surface area (Å²) in [6.07, 6.45) is 0.762. The lowest BCUT2D eigenvalue weighted by Crippen LogP contribution is -1.90. The number of nitrogens with zero attached hydrogens (tertiary/aromatic N) is 2. The molecule has 0 saturated carbocycles. The summed E-state index contributed by atoms with van der Waals surface area (Å²) in [6, 6.07) is 27.9. The predicted molar refractivity (Wildman–Crippen MR) is 118 cm³/mol. The SMILES string of the molecule is COc1ccc(Nc2nc(-c3ccccc3)c(Cc3ccc(C#N)cc3)s2)cc1. The largest absolute Gasteiger partial charge is 0.497 e. The number of ether oxygens (including phenoxy) is 1. The summed E-state index contributed by atoms with van der Waals surface area (Å²) >= 11 is 1.65. The van der Waals surface area contributed by atoms with Crippen LogP contribution < -0.4 is 10.1 Å². The zero-order valence-corrected chi connectivity index (χ0v) is 16.7. The van der Waals surface area contributed by atoms with E-state index in [0.29, 0.717) is 5.56 Å². The molecule has 4 aromatic rings. The fourth-order valence-corrected chi connectivity index (χ4v) is 4.07. The number of aromatic nitrogens is 1. The van der Waals surface area contributed by atoms with Gasteiger partial charge in [-0.05, 0) is 42.0 Å². The molecule has 0 bridgehead atoms. The first-order valence-corrected chi connectivity index (χ1v) is 10.0. The molecule has 0 unspecified atom stereocenters. The fourth-order valence-electron chi connectivity index (χ4n) is 3.03. The molecule has 4 rings (SSSR count). The maximum atomic E-state index is 9.01. The molecule has 1 aromatic heterocycles. The Kier molecular flexibility index (Phi) is 5.55. The van der Waals surface area contributed by atoms with Crippen LogP contribution in [0.5, 0.6) is 5.75 Å². The van der Waals surface area contributed by atoms with Gasteiger partial charge in [-0.3, -0.25) is 0 Å². The number of benzene rings is 3. The van der Waals surface area contributed by atoms with Crippen molar-refractivity contribution in [3.8, 4) is 23.1 Å². The van der Waals surface area contributed by atoms with E-state index >= 15 is 0 Å². The van der Waals surface area contributed by atoms with Crippen molar-refractivity contribution in [3.63, 3.8) is 0 Å². The molecule has 0 amide bonds. The van der Waals surface area contributed by atoms with Gasteiger partial charge in [-0.1, -0.05) is 42.5 Å². The number of methoxy groups -OCH3 is 1. The Balaban J connectivity index is 1.65. The van der Waals surface area contributed by atoms with E-state index < -0.39 is 0 Å². The molecule has 1 N–H and O–H groups in total. The Bertz CT molecular complexity index is 1130. The Labute approximate surface area is 174 Å². The summed E-state index contributed by atoms with van der Waals surface area (Å²) in [4.78, 5) is 6.05. The van der Waals surface area contributed by atoms with E-state index in [1.807, 2.05) is 66.7 Å². The summed E-state index contributed by atoms with van der Waals surface area (Å²) in [6.45, 7) is 0. The summed E-state index contributed by atoms with van der Waals surface area (Å²) in [5.74, 6) is 0.821. The van der Waals surface area contributed by atoms with Crippen LogP contribution in [0, 0.1) is 11.3 Å². The van der Waals surface area contributed by atoms with Gasteiger partial charge in [-0.2, -0.15) is 5.26 Å². The smallest absolute Gasteiger partial charge is 0.187 e. The van der Waals surface area contributed by atoms with Gasteiger partial charge < -0.3 is 10.1 Å². The van der Waals surface area contributed by atoms with Crippen molar-refractivity contribution in [3.05, 3.63) is 94.9 Å². The number of nitriles is 1. The van der Waals surface area contributed by atoms with Crippen LogP contribution in [0.1, 0.15) is 16.0 Å². The Morgan fingerprint density at radius 3 is 2.34 bits per heavy atom. The molecule has 0 radical (unpaired) electrons. The van der Waals surface area contributed by atoms with Crippen molar-refractivity contribution in [1.82, 2.24) is 4.98 Å². The number of rotatable bonds is 6. The molecule has 0 fully saturated rings. The highest BCUT2D eigenvalue weighted by atomic mass is 32.1. The highest BCUT2D eigenvalue weighted by molar-refractivity contribution is 7.16. The van der Waals surface area contributed by atoms with Crippen molar-refractivity contribution >= 4 is 22.2 Å². The maximum absolute atomic E-state index is 9.01. The lowest BCUT2D eigenvalue weighted by molar-refractivity contribution is 0.415. The molecule has 0 aliphatic heterocycles. The lowest BCUT2D eigenvalue weighted by atomic mass is 10.1. The van der Waals surface area contributed by atoms with E-state index in [1.165, 1.54) is 4.88 Å². The summed E-state index contributed by atoms with van der Waals surface area (Å²) < 4.78 is 5.22. The number of nitrogens with one attached hydrogen (secondary N) is 1. The van der Waals surface area contributed by atoms with E-state index in [0.717, 1.165) is 39.8 Å². The van der Waals surface area contributed by atoms with E-state index in [1.54, 1.807) is 18.4 Å². The van der Waals surface area contributed by atoms with Crippen LogP contribution in [0.4, 0.5) is 10.8 Å². The predicted octanol–water partition coefficient (Wildman–Crippen LogP) is 6.02. The average molecular weight is 398 g/mol. The minimum atomic E-state index is 0.670. The van der Waals surface area contributed by atoms with Gasteiger partial charge in [-0.25, -0.2) is 4.98 Å². The summed E-state index contributed by atoms with van der Waals surface area (Å²) in [7, 11) is 1.66. The van der Waals surface area contributed by atoms with Crippen LogP contribution in [0.25, 0.3) is 11.3 Å². The van der Waals surface area contributed by atoms with Crippen LogP contribution in [0.3, 0.4) is 0 Å². The highest BCUT2D eigenvalue weighted by Crippen LogP contribution is 2.34. The highest BCUT2D eigenvalue weighted by Gasteiger charge is 2.14. The third kappa shape index (κ3) is 4.45. The molecular formula is C24H19N3OS. The third-order valence-corrected chi connectivity index (χ3v) is 5.50. The average Bonchev–Trinajstić information content (AvgIpc) is 3.17. The molecule has 3 aromatic carbocycles. The zero-order valence-electron chi connectivity index (χ0n) is 15.9. The molecule has 0 aliphatic carbocycles. The van der Waals surface area contributed by atoms with Crippen LogP contribution in [-0.4, -0.2) is 12.1 Å². The van der Waals surface area contributed by atoms with Gasteiger partial charge in [-0.15, -0.1) is 11.3 Å². The quantitative estimate of drug-likeness (QED) is 0.432. The summed E-state index contributed by atoms with van der Waals surface area (Å²) in [5.41, 5.74) is 4.86.